The highest BCUT2D eigenvalue weighted by molar-refractivity contribution is 14.1. The zero-order valence-corrected chi connectivity index (χ0v) is 11.1. The molecule has 0 unspecified atom stereocenters. The molecule has 1 heterocycles. The van der Waals surface area contributed by atoms with E-state index in [1.807, 2.05) is 5.38 Å². The van der Waals surface area contributed by atoms with Gasteiger partial charge < -0.3 is 5.73 Å². The molecule has 0 aliphatic heterocycles. The minimum Gasteiger partial charge on any atom is -0.398 e. The quantitative estimate of drug-likeness (QED) is 0.670. The van der Waals surface area contributed by atoms with Gasteiger partial charge in [0.05, 0.1) is 10.4 Å². The average molecular weight is 401 g/mol. The van der Waals surface area contributed by atoms with Gasteiger partial charge in [-0.25, -0.2) is 0 Å². The predicted molar refractivity (Wildman–Crippen MR) is 71.7 cm³/mol. The lowest BCUT2D eigenvalue weighted by molar-refractivity contribution is 1.73. The first kappa shape index (κ1) is 9.01. The van der Waals surface area contributed by atoms with Crippen LogP contribution in [-0.4, -0.2) is 0 Å². The Balaban J connectivity index is 2.98. The zero-order valence-electron chi connectivity index (χ0n) is 5.97. The highest BCUT2D eigenvalue weighted by Gasteiger charge is 2.07. The topological polar surface area (TPSA) is 26.0 Å². The van der Waals surface area contributed by atoms with Crippen molar-refractivity contribution < 1.29 is 0 Å². The molecule has 12 heavy (non-hydrogen) atoms. The third kappa shape index (κ3) is 1.33. The monoisotopic (exact) mass is 401 g/mol. The molecule has 0 saturated heterocycles. The van der Waals surface area contributed by atoms with Gasteiger partial charge >= 0.3 is 0 Å². The fraction of sp³-hybridized carbons (Fsp3) is 0. The SMILES string of the molecule is Nc1csc2c(I)ccc(I)c12. The van der Waals surface area contributed by atoms with Gasteiger partial charge in [0.1, 0.15) is 0 Å². The molecule has 0 amide bonds. The van der Waals surface area contributed by atoms with E-state index in [1.165, 1.54) is 17.2 Å². The van der Waals surface area contributed by atoms with Crippen LogP contribution in [0.25, 0.3) is 10.1 Å². The van der Waals surface area contributed by atoms with Gasteiger partial charge in [-0.2, -0.15) is 0 Å². The summed E-state index contributed by atoms with van der Waals surface area (Å²) in [6.07, 6.45) is 0. The normalized spacial score (nSPS) is 10.8. The van der Waals surface area contributed by atoms with Gasteiger partial charge in [0.15, 0.2) is 0 Å². The molecule has 0 fully saturated rings. The van der Waals surface area contributed by atoms with Crippen molar-refractivity contribution in [1.82, 2.24) is 0 Å². The van der Waals surface area contributed by atoms with E-state index < -0.39 is 0 Å². The van der Waals surface area contributed by atoms with Gasteiger partial charge in [0, 0.05) is 17.9 Å². The van der Waals surface area contributed by atoms with Crippen LogP contribution in [0.5, 0.6) is 0 Å². The van der Waals surface area contributed by atoms with E-state index in [-0.39, 0.29) is 0 Å². The molecular formula is C8H5I2NS. The molecular weight excluding hydrogens is 396 g/mol. The Hall–Kier alpha value is 0.440. The van der Waals surface area contributed by atoms with Crippen molar-refractivity contribution in [2.24, 2.45) is 0 Å². The molecule has 1 aromatic carbocycles. The number of rotatable bonds is 0. The van der Waals surface area contributed by atoms with E-state index in [1.54, 1.807) is 11.3 Å². The van der Waals surface area contributed by atoms with Crippen LogP contribution in [0, 0.1) is 7.14 Å². The van der Waals surface area contributed by atoms with Gasteiger partial charge in [0.25, 0.3) is 0 Å². The van der Waals surface area contributed by atoms with E-state index in [2.05, 4.69) is 57.3 Å². The van der Waals surface area contributed by atoms with Gasteiger partial charge in [-0.15, -0.1) is 11.3 Å². The van der Waals surface area contributed by atoms with Crippen molar-refractivity contribution in [2.75, 3.05) is 5.73 Å². The number of halogens is 2. The lowest BCUT2D eigenvalue weighted by Gasteiger charge is -1.97. The summed E-state index contributed by atoms with van der Waals surface area (Å²) < 4.78 is 3.83. The summed E-state index contributed by atoms with van der Waals surface area (Å²) in [5.41, 5.74) is 6.75. The maximum absolute atomic E-state index is 5.85. The van der Waals surface area contributed by atoms with Crippen molar-refractivity contribution >= 4 is 72.3 Å². The van der Waals surface area contributed by atoms with Gasteiger partial charge in [-0.3, -0.25) is 0 Å². The van der Waals surface area contributed by atoms with Crippen molar-refractivity contribution in [3.05, 3.63) is 24.7 Å². The summed E-state index contributed by atoms with van der Waals surface area (Å²) in [5.74, 6) is 0. The Bertz CT molecular complexity index is 436. The van der Waals surface area contributed by atoms with Crippen LogP contribution in [0.3, 0.4) is 0 Å². The fourth-order valence-electron chi connectivity index (χ4n) is 1.10. The summed E-state index contributed by atoms with van der Waals surface area (Å²) in [6.45, 7) is 0. The Morgan fingerprint density at radius 3 is 2.50 bits per heavy atom. The number of fused-ring (bicyclic) bond motifs is 1. The van der Waals surface area contributed by atoms with Crippen LogP contribution >= 0.6 is 56.5 Å². The van der Waals surface area contributed by atoms with E-state index in [0.29, 0.717) is 0 Å². The van der Waals surface area contributed by atoms with E-state index in [9.17, 15) is 0 Å². The number of hydrogen-bond donors (Lipinski definition) is 1. The van der Waals surface area contributed by atoms with Crippen molar-refractivity contribution in [1.29, 1.82) is 0 Å². The van der Waals surface area contributed by atoms with Crippen molar-refractivity contribution in [3.8, 4) is 0 Å². The molecule has 0 atom stereocenters. The minimum atomic E-state index is 0.901. The van der Waals surface area contributed by atoms with Crippen LogP contribution in [0.15, 0.2) is 17.5 Å². The number of nitrogens with two attached hydrogens (primary N) is 1. The average Bonchev–Trinajstić information content (AvgIpc) is 2.42. The zero-order chi connectivity index (χ0) is 8.72. The first-order valence-electron chi connectivity index (χ1n) is 3.31. The van der Waals surface area contributed by atoms with E-state index in [0.717, 1.165) is 5.69 Å². The number of benzene rings is 1. The molecule has 1 nitrogen and oxygen atoms in total. The van der Waals surface area contributed by atoms with Gasteiger partial charge in [-0.1, -0.05) is 0 Å². The fourth-order valence-corrected chi connectivity index (χ4v) is 3.76. The molecule has 0 bridgehead atoms. The Kier molecular flexibility index (Phi) is 2.48. The number of anilines is 1. The number of nitrogen functional groups attached to an aromatic ring is 1. The molecule has 1 aromatic heterocycles. The summed E-state index contributed by atoms with van der Waals surface area (Å²) in [4.78, 5) is 0. The lowest BCUT2D eigenvalue weighted by atomic mass is 10.2. The summed E-state index contributed by atoms with van der Waals surface area (Å²) in [7, 11) is 0. The Morgan fingerprint density at radius 1 is 1.17 bits per heavy atom. The van der Waals surface area contributed by atoms with Crippen LogP contribution in [0.2, 0.25) is 0 Å². The van der Waals surface area contributed by atoms with Crippen molar-refractivity contribution in [3.63, 3.8) is 0 Å². The van der Waals surface area contributed by atoms with Crippen LogP contribution in [0.1, 0.15) is 0 Å². The smallest absolute Gasteiger partial charge is 0.0513 e. The molecule has 0 spiro atoms. The standard InChI is InChI=1S/C8H5I2NS/c9-4-1-2-5(10)8-7(4)6(11)3-12-8/h1-3H,11H2. The molecule has 2 rings (SSSR count). The first-order valence-corrected chi connectivity index (χ1v) is 6.34. The number of hydrogen-bond acceptors (Lipinski definition) is 2. The van der Waals surface area contributed by atoms with E-state index >= 15 is 0 Å². The molecule has 0 radical (unpaired) electrons. The molecule has 0 aliphatic rings. The van der Waals surface area contributed by atoms with Gasteiger partial charge in [0.2, 0.25) is 0 Å². The number of thiophene rings is 1. The predicted octanol–water partition coefficient (Wildman–Crippen LogP) is 3.69. The lowest BCUT2D eigenvalue weighted by Crippen LogP contribution is -1.83. The van der Waals surface area contributed by atoms with Gasteiger partial charge in [-0.05, 0) is 57.3 Å². The minimum absolute atomic E-state index is 0.901. The Labute approximate surface area is 102 Å². The van der Waals surface area contributed by atoms with Crippen LogP contribution in [0.4, 0.5) is 5.69 Å². The molecule has 2 aromatic rings. The second-order valence-corrected chi connectivity index (χ2v) is 5.63. The molecule has 0 saturated carbocycles. The molecule has 0 aliphatic carbocycles. The van der Waals surface area contributed by atoms with Crippen molar-refractivity contribution in [2.45, 2.75) is 0 Å². The summed E-state index contributed by atoms with van der Waals surface area (Å²) in [5, 5.41) is 3.22. The van der Waals surface area contributed by atoms with E-state index in [4.69, 9.17) is 5.73 Å². The summed E-state index contributed by atoms with van der Waals surface area (Å²) in [6, 6.07) is 4.23. The van der Waals surface area contributed by atoms with Crippen LogP contribution in [-0.2, 0) is 0 Å². The Morgan fingerprint density at radius 2 is 1.83 bits per heavy atom. The highest BCUT2D eigenvalue weighted by Crippen LogP contribution is 2.34. The third-order valence-corrected chi connectivity index (χ3v) is 4.85. The maximum atomic E-state index is 5.85. The summed E-state index contributed by atoms with van der Waals surface area (Å²) >= 11 is 6.38. The second kappa shape index (κ2) is 3.30. The third-order valence-electron chi connectivity index (χ3n) is 1.65. The largest absolute Gasteiger partial charge is 0.398 e. The highest BCUT2D eigenvalue weighted by atomic mass is 127. The van der Waals surface area contributed by atoms with Crippen LogP contribution < -0.4 is 5.73 Å². The second-order valence-electron chi connectivity index (χ2n) is 2.42. The first-order chi connectivity index (χ1) is 5.70. The molecule has 4 heteroatoms. The molecule has 2 N–H and O–H groups in total. The molecule has 62 valence electrons. The maximum Gasteiger partial charge on any atom is 0.0513 e.